The topological polar surface area (TPSA) is 49.4 Å². The molecule has 0 spiro atoms. The number of hydrogen-bond donors (Lipinski definition) is 1. The Hall–Kier alpha value is -0.910. The van der Waals surface area contributed by atoms with E-state index in [2.05, 4.69) is 5.32 Å². The molecule has 0 amide bonds. The largest absolute Gasteiger partial charge is 0.313 e. The van der Waals surface area contributed by atoms with Crippen molar-refractivity contribution >= 4 is 10.0 Å². The summed E-state index contributed by atoms with van der Waals surface area (Å²) in [5.41, 5.74) is 1.07. The molecular formula is C16H26N2O2S. The van der Waals surface area contributed by atoms with Crippen molar-refractivity contribution in [1.82, 2.24) is 9.62 Å². The van der Waals surface area contributed by atoms with Gasteiger partial charge in [-0.15, -0.1) is 0 Å². The first-order chi connectivity index (χ1) is 10.0. The number of piperidine rings is 1. The van der Waals surface area contributed by atoms with Gasteiger partial charge in [-0.25, -0.2) is 8.42 Å². The van der Waals surface area contributed by atoms with Gasteiger partial charge in [-0.2, -0.15) is 4.31 Å². The minimum absolute atomic E-state index is 0.283. The van der Waals surface area contributed by atoms with E-state index in [1.807, 2.05) is 26.0 Å². The van der Waals surface area contributed by atoms with E-state index in [-0.39, 0.29) is 6.04 Å². The number of hydrogen-bond acceptors (Lipinski definition) is 3. The normalized spacial score (nSPS) is 19.9. The third kappa shape index (κ3) is 4.28. The van der Waals surface area contributed by atoms with Crippen LogP contribution in [0.25, 0.3) is 0 Å². The van der Waals surface area contributed by atoms with Gasteiger partial charge in [0.1, 0.15) is 0 Å². The zero-order valence-corrected chi connectivity index (χ0v) is 13.8. The monoisotopic (exact) mass is 310 g/mol. The third-order valence-corrected chi connectivity index (χ3v) is 5.85. The van der Waals surface area contributed by atoms with E-state index < -0.39 is 10.0 Å². The molecule has 1 fully saturated rings. The zero-order valence-electron chi connectivity index (χ0n) is 13.0. The lowest BCUT2D eigenvalue weighted by atomic mass is 10.1. The van der Waals surface area contributed by atoms with E-state index >= 15 is 0 Å². The van der Waals surface area contributed by atoms with Crippen LogP contribution < -0.4 is 5.32 Å². The number of nitrogens with zero attached hydrogens (tertiary/aromatic N) is 1. The van der Waals surface area contributed by atoms with Gasteiger partial charge >= 0.3 is 0 Å². The molecule has 1 atom stereocenters. The van der Waals surface area contributed by atoms with Crippen molar-refractivity contribution in [2.45, 2.75) is 50.5 Å². The van der Waals surface area contributed by atoms with Crippen LogP contribution in [0.4, 0.5) is 0 Å². The number of sulfonamides is 1. The molecule has 1 N–H and O–H groups in total. The van der Waals surface area contributed by atoms with Gasteiger partial charge in [-0.1, -0.05) is 31.0 Å². The van der Waals surface area contributed by atoms with Gasteiger partial charge in [0.25, 0.3) is 0 Å². The molecule has 1 aliphatic rings. The first-order valence-corrected chi connectivity index (χ1v) is 9.28. The maximum Gasteiger partial charge on any atom is 0.243 e. The third-order valence-electron chi connectivity index (χ3n) is 3.97. The summed E-state index contributed by atoms with van der Waals surface area (Å²) in [7, 11) is -3.39. The first kappa shape index (κ1) is 16.5. The van der Waals surface area contributed by atoms with Crippen molar-refractivity contribution in [2.75, 3.05) is 19.6 Å². The molecule has 1 aromatic rings. The van der Waals surface area contributed by atoms with Crippen LogP contribution in [-0.2, 0) is 10.0 Å². The van der Waals surface area contributed by atoms with Crippen molar-refractivity contribution in [3.8, 4) is 0 Å². The van der Waals surface area contributed by atoms with Gasteiger partial charge in [0.05, 0.1) is 4.90 Å². The Morgan fingerprint density at radius 3 is 2.52 bits per heavy atom. The van der Waals surface area contributed by atoms with Crippen LogP contribution in [0.2, 0.25) is 0 Å². The first-order valence-electron chi connectivity index (χ1n) is 7.84. The summed E-state index contributed by atoms with van der Waals surface area (Å²) in [4.78, 5) is 0.400. The van der Waals surface area contributed by atoms with E-state index in [9.17, 15) is 8.42 Å². The van der Waals surface area contributed by atoms with Crippen molar-refractivity contribution in [3.63, 3.8) is 0 Å². The van der Waals surface area contributed by atoms with Crippen LogP contribution in [0.3, 0.4) is 0 Å². The summed E-state index contributed by atoms with van der Waals surface area (Å²) in [6, 6.07) is 7.42. The lowest BCUT2D eigenvalue weighted by Gasteiger charge is -2.30. The highest BCUT2D eigenvalue weighted by Gasteiger charge is 2.27. The summed E-state index contributed by atoms with van der Waals surface area (Å²) in [6.45, 7) is 6.13. The quantitative estimate of drug-likeness (QED) is 0.878. The molecule has 21 heavy (non-hydrogen) atoms. The second-order valence-corrected chi connectivity index (χ2v) is 7.76. The van der Waals surface area contributed by atoms with Crippen molar-refractivity contribution in [3.05, 3.63) is 29.8 Å². The second-order valence-electron chi connectivity index (χ2n) is 5.82. The van der Waals surface area contributed by atoms with E-state index in [1.54, 1.807) is 16.4 Å². The fraction of sp³-hybridized carbons (Fsp3) is 0.625. The Labute approximate surface area is 128 Å². The van der Waals surface area contributed by atoms with Crippen molar-refractivity contribution < 1.29 is 8.42 Å². The maximum absolute atomic E-state index is 12.8. The molecule has 0 bridgehead atoms. The lowest BCUT2D eigenvalue weighted by molar-refractivity contribution is 0.312. The van der Waals surface area contributed by atoms with Gasteiger partial charge in [0.2, 0.25) is 10.0 Å². The number of rotatable bonds is 6. The SMILES string of the molecule is CCCN(CC1CCCCN1)S(=O)(=O)c1ccc(C)cc1. The number of aryl methyl sites for hydroxylation is 1. The minimum atomic E-state index is -3.39. The zero-order chi connectivity index (χ0) is 15.3. The Morgan fingerprint density at radius 1 is 1.24 bits per heavy atom. The fourth-order valence-electron chi connectivity index (χ4n) is 2.74. The Bertz CT molecular complexity index is 534. The van der Waals surface area contributed by atoms with Crippen LogP contribution >= 0.6 is 0 Å². The van der Waals surface area contributed by atoms with Crippen LogP contribution in [0.15, 0.2) is 29.2 Å². The van der Waals surface area contributed by atoms with Gasteiger partial charge in [0, 0.05) is 19.1 Å². The average molecular weight is 310 g/mol. The standard InChI is InChI=1S/C16H26N2O2S/c1-3-12-18(13-15-6-4-5-11-17-15)21(19,20)16-9-7-14(2)8-10-16/h7-10,15,17H,3-6,11-13H2,1-2H3. The predicted molar refractivity (Wildman–Crippen MR) is 85.9 cm³/mol. The molecule has 2 rings (SSSR count). The number of nitrogens with one attached hydrogen (secondary N) is 1. The highest BCUT2D eigenvalue weighted by molar-refractivity contribution is 7.89. The molecule has 1 aromatic carbocycles. The van der Waals surface area contributed by atoms with Gasteiger partial charge < -0.3 is 5.32 Å². The van der Waals surface area contributed by atoms with E-state index in [0.29, 0.717) is 18.0 Å². The highest BCUT2D eigenvalue weighted by Crippen LogP contribution is 2.19. The van der Waals surface area contributed by atoms with E-state index in [0.717, 1.165) is 24.9 Å². The molecule has 0 aromatic heterocycles. The van der Waals surface area contributed by atoms with Crippen LogP contribution in [0.5, 0.6) is 0 Å². The molecule has 118 valence electrons. The molecule has 4 nitrogen and oxygen atoms in total. The Balaban J connectivity index is 2.16. The summed E-state index contributed by atoms with van der Waals surface area (Å²) in [6.07, 6.45) is 4.26. The van der Waals surface area contributed by atoms with Crippen LogP contribution in [0, 0.1) is 6.92 Å². The second kappa shape index (κ2) is 7.38. The fourth-order valence-corrected chi connectivity index (χ4v) is 4.32. The van der Waals surface area contributed by atoms with Gasteiger partial charge in [0.15, 0.2) is 0 Å². The average Bonchev–Trinajstić information content (AvgIpc) is 2.48. The maximum atomic E-state index is 12.8. The van der Waals surface area contributed by atoms with Gasteiger partial charge in [-0.05, 0) is 44.9 Å². The van der Waals surface area contributed by atoms with E-state index in [4.69, 9.17) is 0 Å². The smallest absolute Gasteiger partial charge is 0.243 e. The molecule has 1 aliphatic heterocycles. The Morgan fingerprint density at radius 2 is 1.95 bits per heavy atom. The molecular weight excluding hydrogens is 284 g/mol. The summed E-state index contributed by atoms with van der Waals surface area (Å²) >= 11 is 0. The summed E-state index contributed by atoms with van der Waals surface area (Å²) in [5, 5.41) is 3.43. The summed E-state index contributed by atoms with van der Waals surface area (Å²) < 4.78 is 27.3. The molecule has 1 saturated heterocycles. The van der Waals surface area contributed by atoms with Crippen molar-refractivity contribution in [2.24, 2.45) is 0 Å². The molecule has 0 saturated carbocycles. The Kier molecular flexibility index (Phi) is 5.79. The molecule has 1 heterocycles. The molecule has 5 heteroatoms. The highest BCUT2D eigenvalue weighted by atomic mass is 32.2. The molecule has 1 unspecified atom stereocenters. The molecule has 0 radical (unpaired) electrons. The lowest BCUT2D eigenvalue weighted by Crippen LogP contribution is -2.46. The predicted octanol–water partition coefficient (Wildman–Crippen LogP) is 2.54. The van der Waals surface area contributed by atoms with E-state index in [1.165, 1.54) is 12.8 Å². The molecule has 0 aliphatic carbocycles. The van der Waals surface area contributed by atoms with Crippen LogP contribution in [0.1, 0.15) is 38.2 Å². The van der Waals surface area contributed by atoms with Gasteiger partial charge in [-0.3, -0.25) is 0 Å². The van der Waals surface area contributed by atoms with Crippen LogP contribution in [-0.4, -0.2) is 38.4 Å². The summed E-state index contributed by atoms with van der Waals surface area (Å²) in [5.74, 6) is 0. The minimum Gasteiger partial charge on any atom is -0.313 e. The van der Waals surface area contributed by atoms with Crippen molar-refractivity contribution in [1.29, 1.82) is 0 Å². The number of benzene rings is 1.